The number of aliphatic carboxylic acids is 1. The standard InChI is InChI=1S/C12H12Cl2O4/c13-11-8(7-15)4-5-9(12(11)14)18-6-2-1-3-10(16)17/h4-5,7H,1-3,6H2,(H,16,17). The van der Waals surface area contributed by atoms with E-state index in [2.05, 4.69) is 0 Å². The van der Waals surface area contributed by atoms with E-state index in [0.717, 1.165) is 0 Å². The smallest absolute Gasteiger partial charge is 0.303 e. The van der Waals surface area contributed by atoms with Crippen LogP contribution in [0.1, 0.15) is 29.6 Å². The molecule has 0 saturated heterocycles. The molecule has 0 aliphatic rings. The quantitative estimate of drug-likeness (QED) is 0.617. The third kappa shape index (κ3) is 4.20. The Bertz CT molecular complexity index is 446. The number of carbonyl (C=O) groups is 2. The minimum atomic E-state index is -0.827. The van der Waals surface area contributed by atoms with Crippen molar-refractivity contribution in [3.05, 3.63) is 27.7 Å². The summed E-state index contributed by atoms with van der Waals surface area (Å²) in [4.78, 5) is 20.9. The molecule has 0 saturated carbocycles. The molecule has 18 heavy (non-hydrogen) atoms. The second kappa shape index (κ2) is 7.24. The lowest BCUT2D eigenvalue weighted by molar-refractivity contribution is -0.137. The Labute approximate surface area is 114 Å². The second-order valence-corrected chi connectivity index (χ2v) is 4.35. The van der Waals surface area contributed by atoms with Crippen LogP contribution < -0.4 is 4.74 Å². The van der Waals surface area contributed by atoms with Crippen molar-refractivity contribution >= 4 is 35.5 Å². The Kier molecular flexibility index (Phi) is 5.95. The zero-order valence-electron chi connectivity index (χ0n) is 9.49. The second-order valence-electron chi connectivity index (χ2n) is 3.60. The Morgan fingerprint density at radius 1 is 1.28 bits per heavy atom. The summed E-state index contributed by atoms with van der Waals surface area (Å²) in [5.41, 5.74) is 0.305. The molecule has 0 aromatic heterocycles. The third-order valence-corrected chi connectivity index (χ3v) is 3.13. The number of carbonyl (C=O) groups excluding carboxylic acids is 1. The maximum absolute atomic E-state index is 10.6. The van der Waals surface area contributed by atoms with Gasteiger partial charge in [0.1, 0.15) is 10.8 Å². The van der Waals surface area contributed by atoms with Crippen molar-refractivity contribution in [3.8, 4) is 5.75 Å². The van der Waals surface area contributed by atoms with Crippen LogP contribution in [0.25, 0.3) is 0 Å². The van der Waals surface area contributed by atoms with Gasteiger partial charge in [-0.2, -0.15) is 0 Å². The van der Waals surface area contributed by atoms with E-state index >= 15 is 0 Å². The van der Waals surface area contributed by atoms with E-state index in [1.165, 1.54) is 6.07 Å². The van der Waals surface area contributed by atoms with Gasteiger partial charge < -0.3 is 9.84 Å². The van der Waals surface area contributed by atoms with Gasteiger partial charge in [0, 0.05) is 12.0 Å². The van der Waals surface area contributed by atoms with Crippen LogP contribution in [0.3, 0.4) is 0 Å². The predicted octanol–water partition coefficient (Wildman–Crippen LogP) is 3.44. The summed E-state index contributed by atoms with van der Waals surface area (Å²) in [5, 5.41) is 8.81. The molecule has 4 nitrogen and oxygen atoms in total. The molecule has 1 rings (SSSR count). The van der Waals surface area contributed by atoms with Gasteiger partial charge in [0.05, 0.1) is 11.6 Å². The SMILES string of the molecule is O=Cc1ccc(OCCCCC(=O)O)c(Cl)c1Cl. The lowest BCUT2D eigenvalue weighted by Crippen LogP contribution is -2.01. The highest BCUT2D eigenvalue weighted by molar-refractivity contribution is 6.44. The van der Waals surface area contributed by atoms with Gasteiger partial charge in [-0.3, -0.25) is 9.59 Å². The van der Waals surface area contributed by atoms with E-state index in [1.807, 2.05) is 0 Å². The number of ether oxygens (including phenoxy) is 1. The third-order valence-electron chi connectivity index (χ3n) is 2.25. The highest BCUT2D eigenvalue weighted by Gasteiger charge is 2.10. The molecule has 1 N–H and O–H groups in total. The normalized spacial score (nSPS) is 10.1. The Morgan fingerprint density at radius 2 is 2.00 bits per heavy atom. The predicted molar refractivity (Wildman–Crippen MR) is 68.8 cm³/mol. The van der Waals surface area contributed by atoms with Crippen LogP contribution in [0.4, 0.5) is 0 Å². The van der Waals surface area contributed by atoms with Crippen LogP contribution in [-0.2, 0) is 4.79 Å². The molecular weight excluding hydrogens is 279 g/mol. The van der Waals surface area contributed by atoms with Crippen LogP contribution in [0.15, 0.2) is 12.1 Å². The number of halogens is 2. The molecule has 0 bridgehead atoms. The molecular formula is C12H12Cl2O4. The van der Waals surface area contributed by atoms with E-state index in [-0.39, 0.29) is 16.5 Å². The van der Waals surface area contributed by atoms with Crippen LogP contribution >= 0.6 is 23.2 Å². The summed E-state index contributed by atoms with van der Waals surface area (Å²) in [7, 11) is 0. The summed E-state index contributed by atoms with van der Waals surface area (Å²) < 4.78 is 5.37. The Morgan fingerprint density at radius 3 is 2.61 bits per heavy atom. The highest BCUT2D eigenvalue weighted by atomic mass is 35.5. The summed E-state index contributed by atoms with van der Waals surface area (Å²) in [5.74, 6) is -0.436. The Hall–Kier alpha value is -1.26. The average Bonchev–Trinajstić information content (AvgIpc) is 2.33. The van der Waals surface area contributed by atoms with Crippen LogP contribution in [0, 0.1) is 0 Å². The lowest BCUT2D eigenvalue weighted by atomic mass is 10.2. The summed E-state index contributed by atoms with van der Waals surface area (Å²) >= 11 is 11.8. The van der Waals surface area contributed by atoms with Gasteiger partial charge in [-0.05, 0) is 25.0 Å². The molecule has 1 aromatic rings. The molecule has 98 valence electrons. The topological polar surface area (TPSA) is 63.6 Å². The van der Waals surface area contributed by atoms with Gasteiger partial charge in [0.2, 0.25) is 0 Å². The molecule has 1 aromatic carbocycles. The molecule has 0 aliphatic heterocycles. The first-order chi connectivity index (χ1) is 8.56. The largest absolute Gasteiger partial charge is 0.492 e. The molecule has 6 heteroatoms. The molecule has 0 aliphatic carbocycles. The zero-order valence-corrected chi connectivity index (χ0v) is 11.0. The first-order valence-corrected chi connectivity index (χ1v) is 6.09. The minimum Gasteiger partial charge on any atom is -0.492 e. The molecule has 0 spiro atoms. The van der Waals surface area contributed by atoms with Gasteiger partial charge in [-0.25, -0.2) is 0 Å². The van der Waals surface area contributed by atoms with E-state index in [4.69, 9.17) is 33.0 Å². The number of aldehydes is 1. The van der Waals surface area contributed by atoms with Gasteiger partial charge in [-0.1, -0.05) is 23.2 Å². The molecule has 0 amide bonds. The van der Waals surface area contributed by atoms with Crippen molar-refractivity contribution in [3.63, 3.8) is 0 Å². The number of rotatable bonds is 7. The zero-order chi connectivity index (χ0) is 13.5. The number of hydrogen-bond donors (Lipinski definition) is 1. The van der Waals surface area contributed by atoms with Crippen molar-refractivity contribution in [1.82, 2.24) is 0 Å². The van der Waals surface area contributed by atoms with E-state index in [0.29, 0.717) is 37.0 Å². The lowest BCUT2D eigenvalue weighted by Gasteiger charge is -2.09. The summed E-state index contributed by atoms with van der Waals surface area (Å²) in [6.07, 6.45) is 1.87. The maximum atomic E-state index is 10.6. The van der Waals surface area contributed by atoms with Crippen molar-refractivity contribution in [2.24, 2.45) is 0 Å². The number of hydrogen-bond acceptors (Lipinski definition) is 3. The van der Waals surface area contributed by atoms with Crippen molar-refractivity contribution in [2.45, 2.75) is 19.3 Å². The van der Waals surface area contributed by atoms with E-state index < -0.39 is 5.97 Å². The van der Waals surface area contributed by atoms with Gasteiger partial charge in [0.25, 0.3) is 0 Å². The van der Waals surface area contributed by atoms with Crippen LogP contribution in [0.2, 0.25) is 10.0 Å². The van der Waals surface area contributed by atoms with Gasteiger partial charge in [0.15, 0.2) is 6.29 Å². The fourth-order valence-electron chi connectivity index (χ4n) is 1.31. The fourth-order valence-corrected chi connectivity index (χ4v) is 1.74. The molecule has 0 fully saturated rings. The average molecular weight is 291 g/mol. The Balaban J connectivity index is 2.50. The van der Waals surface area contributed by atoms with Crippen molar-refractivity contribution < 1.29 is 19.4 Å². The van der Waals surface area contributed by atoms with E-state index in [9.17, 15) is 9.59 Å². The maximum Gasteiger partial charge on any atom is 0.303 e. The summed E-state index contributed by atoms with van der Waals surface area (Å²) in [6.45, 7) is 0.351. The van der Waals surface area contributed by atoms with Gasteiger partial charge in [-0.15, -0.1) is 0 Å². The first-order valence-electron chi connectivity index (χ1n) is 5.34. The van der Waals surface area contributed by atoms with Crippen LogP contribution in [-0.4, -0.2) is 24.0 Å². The number of unbranched alkanes of at least 4 members (excludes halogenated alkanes) is 1. The highest BCUT2D eigenvalue weighted by Crippen LogP contribution is 2.34. The number of benzene rings is 1. The fraction of sp³-hybridized carbons (Fsp3) is 0.333. The van der Waals surface area contributed by atoms with Crippen LogP contribution in [0.5, 0.6) is 5.75 Å². The molecule has 0 atom stereocenters. The monoisotopic (exact) mass is 290 g/mol. The molecule has 0 radical (unpaired) electrons. The number of carboxylic acid groups (broad SMARTS) is 1. The van der Waals surface area contributed by atoms with Gasteiger partial charge >= 0.3 is 5.97 Å². The van der Waals surface area contributed by atoms with Crippen molar-refractivity contribution in [1.29, 1.82) is 0 Å². The van der Waals surface area contributed by atoms with Crippen molar-refractivity contribution in [2.75, 3.05) is 6.61 Å². The molecule has 0 heterocycles. The minimum absolute atomic E-state index is 0.113. The number of carboxylic acids is 1. The first kappa shape index (κ1) is 14.8. The van der Waals surface area contributed by atoms with E-state index in [1.54, 1.807) is 6.07 Å². The molecule has 0 unspecified atom stereocenters. The summed E-state index contributed by atoms with van der Waals surface area (Å²) in [6, 6.07) is 3.09.